The van der Waals surface area contributed by atoms with E-state index in [2.05, 4.69) is 13.8 Å². The number of hydrogen-bond acceptors (Lipinski definition) is 2. The van der Waals surface area contributed by atoms with Crippen molar-refractivity contribution in [3.8, 4) is 0 Å². The number of rotatable bonds is 3. The third-order valence-corrected chi connectivity index (χ3v) is 5.10. The van der Waals surface area contributed by atoms with Crippen LogP contribution in [0.3, 0.4) is 0 Å². The number of benzene rings is 1. The highest BCUT2D eigenvalue weighted by Crippen LogP contribution is 2.19. The van der Waals surface area contributed by atoms with E-state index in [1.165, 1.54) is 21.8 Å². The van der Waals surface area contributed by atoms with Gasteiger partial charge in [0.15, 0.2) is 0 Å². The first-order chi connectivity index (χ1) is 12.0. The average Bonchev–Trinajstić information content (AvgIpc) is 2.60. The summed E-state index contributed by atoms with van der Waals surface area (Å²) in [5, 5.41) is 0.610. The Bertz CT molecular complexity index is 899. The maximum absolute atomic E-state index is 12.8. The summed E-state index contributed by atoms with van der Waals surface area (Å²) in [5.74, 6) is -0.0419. The average molecular weight is 357 g/mol. The van der Waals surface area contributed by atoms with Crippen molar-refractivity contribution >= 4 is 17.5 Å². The summed E-state index contributed by atoms with van der Waals surface area (Å²) in [6, 6.07) is 10.5. The van der Waals surface area contributed by atoms with Gasteiger partial charge in [0.2, 0.25) is 0 Å². The quantitative estimate of drug-likeness (QED) is 0.786. The fourth-order valence-electron chi connectivity index (χ4n) is 2.96. The molecule has 1 aromatic carbocycles. The van der Waals surface area contributed by atoms with E-state index in [0.717, 1.165) is 12.0 Å². The molecular formula is C20H21ClN2O2. The van der Waals surface area contributed by atoms with Crippen molar-refractivity contribution in [1.29, 1.82) is 0 Å². The first-order valence-corrected chi connectivity index (χ1v) is 8.72. The second kappa shape index (κ2) is 7.28. The highest BCUT2D eigenvalue weighted by atomic mass is 35.5. The van der Waals surface area contributed by atoms with Gasteiger partial charge in [0.05, 0.1) is 12.1 Å². The minimum absolute atomic E-state index is 0.0419. The number of amides is 1. The van der Waals surface area contributed by atoms with Crippen molar-refractivity contribution in [2.75, 3.05) is 13.1 Å². The zero-order valence-corrected chi connectivity index (χ0v) is 15.2. The predicted molar refractivity (Wildman–Crippen MR) is 100 cm³/mol. The second-order valence-electron chi connectivity index (χ2n) is 6.51. The zero-order valence-electron chi connectivity index (χ0n) is 14.5. The Morgan fingerprint density at radius 3 is 2.60 bits per heavy atom. The van der Waals surface area contributed by atoms with Crippen LogP contribution in [0.15, 0.2) is 58.5 Å². The van der Waals surface area contributed by atoms with Crippen molar-refractivity contribution in [2.45, 2.75) is 26.8 Å². The maximum Gasteiger partial charge on any atom is 0.255 e. The summed E-state index contributed by atoms with van der Waals surface area (Å²) >= 11 is 6.18. The second-order valence-corrected chi connectivity index (χ2v) is 6.92. The van der Waals surface area contributed by atoms with E-state index in [-0.39, 0.29) is 11.5 Å². The molecule has 0 saturated heterocycles. The number of nitrogens with zero attached hydrogens (tertiary/aromatic N) is 2. The summed E-state index contributed by atoms with van der Waals surface area (Å²) in [7, 11) is 0. The Balaban J connectivity index is 1.86. The van der Waals surface area contributed by atoms with Crippen LogP contribution in [-0.4, -0.2) is 28.5 Å². The van der Waals surface area contributed by atoms with Crippen LogP contribution in [0.2, 0.25) is 5.02 Å². The lowest BCUT2D eigenvalue weighted by molar-refractivity contribution is 0.0762. The van der Waals surface area contributed by atoms with Crippen LogP contribution in [0.25, 0.3) is 0 Å². The van der Waals surface area contributed by atoms with Crippen molar-refractivity contribution < 1.29 is 4.79 Å². The van der Waals surface area contributed by atoms with Crippen LogP contribution < -0.4 is 5.56 Å². The van der Waals surface area contributed by atoms with Gasteiger partial charge in [-0.2, -0.15) is 0 Å². The van der Waals surface area contributed by atoms with Crippen LogP contribution in [0.4, 0.5) is 0 Å². The molecule has 1 aromatic heterocycles. The molecule has 0 radical (unpaired) electrons. The van der Waals surface area contributed by atoms with Gasteiger partial charge < -0.3 is 9.47 Å². The van der Waals surface area contributed by atoms with E-state index in [9.17, 15) is 9.59 Å². The van der Waals surface area contributed by atoms with Crippen molar-refractivity contribution in [2.24, 2.45) is 0 Å². The molecule has 0 fully saturated rings. The molecule has 0 saturated carbocycles. The van der Waals surface area contributed by atoms with E-state index in [1.54, 1.807) is 18.3 Å². The van der Waals surface area contributed by atoms with E-state index < -0.39 is 0 Å². The number of aromatic nitrogens is 1. The molecule has 25 heavy (non-hydrogen) atoms. The lowest BCUT2D eigenvalue weighted by Gasteiger charge is -2.29. The molecule has 5 heteroatoms. The number of pyridine rings is 1. The first-order valence-electron chi connectivity index (χ1n) is 8.34. The lowest BCUT2D eigenvalue weighted by atomic mass is 10.0. The fraction of sp³-hybridized carbons (Fsp3) is 0.300. The highest BCUT2D eigenvalue weighted by molar-refractivity contribution is 6.31. The molecule has 0 N–H and O–H groups in total. The fourth-order valence-corrected chi connectivity index (χ4v) is 3.16. The third kappa shape index (κ3) is 3.85. The molecule has 1 amide bonds. The van der Waals surface area contributed by atoms with Gasteiger partial charge in [0, 0.05) is 30.4 Å². The van der Waals surface area contributed by atoms with Crippen molar-refractivity contribution in [1.82, 2.24) is 9.47 Å². The predicted octanol–water partition coefficient (Wildman–Crippen LogP) is 3.73. The zero-order chi connectivity index (χ0) is 18.0. The van der Waals surface area contributed by atoms with Crippen LogP contribution in [0.1, 0.15) is 36.2 Å². The highest BCUT2D eigenvalue weighted by Gasteiger charge is 2.21. The maximum atomic E-state index is 12.8. The van der Waals surface area contributed by atoms with Crippen molar-refractivity contribution in [3.63, 3.8) is 0 Å². The van der Waals surface area contributed by atoms with Gasteiger partial charge in [-0.05, 0) is 38.0 Å². The Morgan fingerprint density at radius 2 is 1.88 bits per heavy atom. The van der Waals surface area contributed by atoms with E-state index in [0.29, 0.717) is 30.2 Å². The smallest absolute Gasteiger partial charge is 0.255 e. The Kier molecular flexibility index (Phi) is 5.09. The topological polar surface area (TPSA) is 42.3 Å². The van der Waals surface area contributed by atoms with Gasteiger partial charge in [-0.15, -0.1) is 0 Å². The Hall–Kier alpha value is -2.33. The number of carbonyl (C=O) groups is 1. The number of carbonyl (C=O) groups excluding carboxylic acids is 1. The van der Waals surface area contributed by atoms with Crippen molar-refractivity contribution in [3.05, 3.63) is 80.2 Å². The van der Waals surface area contributed by atoms with Crippen LogP contribution in [-0.2, 0) is 6.54 Å². The van der Waals surface area contributed by atoms with Gasteiger partial charge in [0.1, 0.15) is 0 Å². The molecule has 0 unspecified atom stereocenters. The van der Waals surface area contributed by atoms with E-state index in [4.69, 9.17) is 11.6 Å². The SMILES string of the molecule is CC1=C(C)CN(C(=O)c2ccc(=O)n(Cc3ccccc3Cl)c2)CC1. The Morgan fingerprint density at radius 1 is 1.12 bits per heavy atom. The normalized spacial score (nSPS) is 14.8. The van der Waals surface area contributed by atoms with Crippen LogP contribution in [0.5, 0.6) is 0 Å². The molecule has 4 nitrogen and oxygen atoms in total. The molecule has 2 aromatic rings. The molecule has 0 aliphatic carbocycles. The van der Waals surface area contributed by atoms with Crippen LogP contribution in [0, 0.1) is 0 Å². The molecule has 3 rings (SSSR count). The third-order valence-electron chi connectivity index (χ3n) is 4.73. The first kappa shape index (κ1) is 17.5. The summed E-state index contributed by atoms with van der Waals surface area (Å²) in [6.07, 6.45) is 2.53. The molecule has 1 aliphatic rings. The van der Waals surface area contributed by atoms with Gasteiger partial charge >= 0.3 is 0 Å². The molecule has 2 heterocycles. The Labute approximate surface area is 152 Å². The van der Waals surface area contributed by atoms with E-state index in [1.807, 2.05) is 23.1 Å². The summed E-state index contributed by atoms with van der Waals surface area (Å²) in [6.45, 7) is 5.88. The standard InChI is InChI=1S/C20H21ClN2O2/c1-14-9-10-22(11-15(14)2)20(25)17-7-8-19(24)23(13-17)12-16-5-3-4-6-18(16)21/h3-8,13H,9-12H2,1-2H3. The minimum Gasteiger partial charge on any atom is -0.334 e. The number of hydrogen-bond donors (Lipinski definition) is 0. The van der Waals surface area contributed by atoms with E-state index >= 15 is 0 Å². The molecule has 1 aliphatic heterocycles. The molecule has 0 spiro atoms. The molecular weight excluding hydrogens is 336 g/mol. The van der Waals surface area contributed by atoms with Crippen LogP contribution >= 0.6 is 11.6 Å². The summed E-state index contributed by atoms with van der Waals surface area (Å²) in [4.78, 5) is 26.8. The monoisotopic (exact) mass is 356 g/mol. The molecule has 0 atom stereocenters. The largest absolute Gasteiger partial charge is 0.334 e. The van der Waals surface area contributed by atoms with Gasteiger partial charge in [-0.25, -0.2) is 0 Å². The van der Waals surface area contributed by atoms with Gasteiger partial charge in [-0.1, -0.05) is 40.9 Å². The molecule has 130 valence electrons. The lowest BCUT2D eigenvalue weighted by Crippen LogP contribution is -2.37. The van der Waals surface area contributed by atoms with Gasteiger partial charge in [-0.3, -0.25) is 9.59 Å². The summed E-state index contributed by atoms with van der Waals surface area (Å²) in [5.41, 5.74) is 3.82. The molecule has 0 bridgehead atoms. The van der Waals surface area contributed by atoms with Gasteiger partial charge in [0.25, 0.3) is 11.5 Å². The number of halogens is 1. The summed E-state index contributed by atoms with van der Waals surface area (Å²) < 4.78 is 1.53. The minimum atomic E-state index is -0.151.